The standard InChI is InChI=1S/C12H10Br2O3/c13-12(14)11(15)10-7-16-9(6-17-10)8-4-2-1-3-5-8/h1-2,4,6-7,12H,3,5H2. The van der Waals surface area contributed by atoms with Crippen LogP contribution in [0.1, 0.15) is 12.8 Å². The smallest absolute Gasteiger partial charge is 0.225 e. The van der Waals surface area contributed by atoms with E-state index in [1.165, 1.54) is 12.5 Å². The minimum atomic E-state index is -0.461. The molecule has 0 fully saturated rings. The predicted molar refractivity (Wildman–Crippen MR) is 71.4 cm³/mol. The van der Waals surface area contributed by atoms with Crippen molar-refractivity contribution in [1.29, 1.82) is 0 Å². The van der Waals surface area contributed by atoms with Crippen LogP contribution in [-0.4, -0.2) is 9.52 Å². The van der Waals surface area contributed by atoms with Crippen molar-refractivity contribution in [2.75, 3.05) is 0 Å². The Morgan fingerprint density at radius 2 is 2.12 bits per heavy atom. The van der Waals surface area contributed by atoms with E-state index in [4.69, 9.17) is 9.47 Å². The first-order valence-electron chi connectivity index (χ1n) is 5.10. The van der Waals surface area contributed by atoms with E-state index in [2.05, 4.69) is 37.9 Å². The number of allylic oxidation sites excluding steroid dienone is 5. The van der Waals surface area contributed by atoms with Crippen LogP contribution in [0.2, 0.25) is 0 Å². The van der Waals surface area contributed by atoms with Crippen molar-refractivity contribution >= 4 is 37.6 Å². The molecule has 0 radical (unpaired) electrons. The molecule has 1 heterocycles. The van der Waals surface area contributed by atoms with E-state index < -0.39 is 3.74 Å². The molecule has 0 N–H and O–H groups in total. The van der Waals surface area contributed by atoms with Gasteiger partial charge in [-0.15, -0.1) is 0 Å². The molecule has 0 saturated heterocycles. The molecule has 0 saturated carbocycles. The number of ketones is 1. The third kappa shape index (κ3) is 3.10. The molecule has 0 spiro atoms. The molecule has 1 aliphatic heterocycles. The number of hydrogen-bond donors (Lipinski definition) is 0. The second kappa shape index (κ2) is 5.69. The SMILES string of the molecule is O=C(C1=COC(C2=CC=CCC2)=CO1)C(Br)Br. The number of ether oxygens (including phenoxy) is 2. The van der Waals surface area contributed by atoms with Gasteiger partial charge in [0.1, 0.15) is 16.3 Å². The molecule has 3 nitrogen and oxygen atoms in total. The van der Waals surface area contributed by atoms with Crippen molar-refractivity contribution in [2.24, 2.45) is 0 Å². The van der Waals surface area contributed by atoms with Crippen LogP contribution in [0.4, 0.5) is 0 Å². The Balaban J connectivity index is 2.03. The van der Waals surface area contributed by atoms with E-state index in [9.17, 15) is 4.79 Å². The van der Waals surface area contributed by atoms with Gasteiger partial charge in [0.15, 0.2) is 5.76 Å². The van der Waals surface area contributed by atoms with Gasteiger partial charge in [0.05, 0.1) is 0 Å². The van der Waals surface area contributed by atoms with Crippen molar-refractivity contribution in [3.05, 3.63) is 47.8 Å². The van der Waals surface area contributed by atoms with Gasteiger partial charge in [-0.25, -0.2) is 0 Å². The van der Waals surface area contributed by atoms with Crippen LogP contribution >= 0.6 is 31.9 Å². The van der Waals surface area contributed by atoms with Gasteiger partial charge < -0.3 is 9.47 Å². The van der Waals surface area contributed by atoms with Gasteiger partial charge in [-0.05, 0) is 18.4 Å². The maximum Gasteiger partial charge on any atom is 0.225 e. The molecule has 0 bridgehead atoms. The molecule has 2 aliphatic rings. The topological polar surface area (TPSA) is 35.5 Å². The van der Waals surface area contributed by atoms with E-state index in [-0.39, 0.29) is 11.5 Å². The lowest BCUT2D eigenvalue weighted by Crippen LogP contribution is -2.14. The summed E-state index contributed by atoms with van der Waals surface area (Å²) in [7, 11) is 0. The first-order chi connectivity index (χ1) is 8.18. The van der Waals surface area contributed by atoms with Crippen LogP contribution in [-0.2, 0) is 14.3 Å². The second-order valence-corrected chi connectivity index (χ2v) is 6.58. The monoisotopic (exact) mass is 360 g/mol. The van der Waals surface area contributed by atoms with Crippen molar-refractivity contribution in [1.82, 2.24) is 0 Å². The summed E-state index contributed by atoms with van der Waals surface area (Å²) in [6.45, 7) is 0. The highest BCUT2D eigenvalue weighted by atomic mass is 79.9. The number of carbonyl (C=O) groups is 1. The third-order valence-corrected chi connectivity index (χ3v) is 3.19. The fourth-order valence-corrected chi connectivity index (χ4v) is 1.92. The van der Waals surface area contributed by atoms with Crippen LogP contribution in [0.25, 0.3) is 0 Å². The van der Waals surface area contributed by atoms with Crippen molar-refractivity contribution in [2.45, 2.75) is 16.6 Å². The minimum absolute atomic E-state index is 0.180. The molecule has 1 aliphatic carbocycles. The zero-order valence-electron chi connectivity index (χ0n) is 8.86. The average Bonchev–Trinajstić information content (AvgIpc) is 2.39. The van der Waals surface area contributed by atoms with Crippen LogP contribution in [0.15, 0.2) is 47.8 Å². The number of carbonyl (C=O) groups excluding carboxylic acids is 1. The van der Waals surface area contributed by atoms with Crippen LogP contribution < -0.4 is 0 Å². The fourth-order valence-electron chi connectivity index (χ4n) is 1.47. The number of Topliss-reactive ketones (excluding diaryl/α,β-unsaturated/α-hetero) is 1. The van der Waals surface area contributed by atoms with E-state index in [0.717, 1.165) is 18.4 Å². The second-order valence-electron chi connectivity index (χ2n) is 3.52. The van der Waals surface area contributed by atoms with Crippen molar-refractivity contribution in [3.63, 3.8) is 0 Å². The molecule has 17 heavy (non-hydrogen) atoms. The summed E-state index contributed by atoms with van der Waals surface area (Å²) in [5, 5.41) is 0. The Kier molecular flexibility index (Phi) is 4.23. The van der Waals surface area contributed by atoms with Gasteiger partial charge in [0, 0.05) is 0 Å². The van der Waals surface area contributed by atoms with Gasteiger partial charge >= 0.3 is 0 Å². The van der Waals surface area contributed by atoms with Crippen LogP contribution in [0, 0.1) is 0 Å². The first-order valence-corrected chi connectivity index (χ1v) is 6.93. The maximum absolute atomic E-state index is 11.6. The van der Waals surface area contributed by atoms with Crippen molar-refractivity contribution in [3.8, 4) is 0 Å². The number of alkyl halides is 2. The van der Waals surface area contributed by atoms with Crippen LogP contribution in [0.5, 0.6) is 0 Å². The largest absolute Gasteiger partial charge is 0.457 e. The molecule has 90 valence electrons. The molecular formula is C12H10Br2O3. The summed E-state index contributed by atoms with van der Waals surface area (Å²) in [5.41, 5.74) is 1.07. The van der Waals surface area contributed by atoms with Crippen molar-refractivity contribution < 1.29 is 14.3 Å². The Bertz CT molecular complexity index is 445. The predicted octanol–water partition coefficient (Wildman–Crippen LogP) is 3.68. The Morgan fingerprint density at radius 3 is 2.65 bits per heavy atom. The van der Waals surface area contributed by atoms with E-state index in [1.54, 1.807) is 0 Å². The lowest BCUT2D eigenvalue weighted by atomic mass is 10.0. The molecule has 5 heteroatoms. The number of hydrogen-bond acceptors (Lipinski definition) is 3. The van der Waals surface area contributed by atoms with Gasteiger partial charge in [-0.1, -0.05) is 50.1 Å². The molecular weight excluding hydrogens is 352 g/mol. The maximum atomic E-state index is 11.6. The Labute approximate surface area is 116 Å². The summed E-state index contributed by atoms with van der Waals surface area (Å²) in [4.78, 5) is 11.6. The van der Waals surface area contributed by atoms with E-state index in [0.29, 0.717) is 5.76 Å². The molecule has 0 aromatic heterocycles. The Morgan fingerprint density at radius 1 is 1.29 bits per heavy atom. The first kappa shape index (κ1) is 12.6. The molecule has 0 aromatic rings. The molecule has 0 amide bonds. The molecule has 2 rings (SSSR count). The summed E-state index contributed by atoms with van der Waals surface area (Å²) < 4.78 is 10.2. The third-order valence-electron chi connectivity index (χ3n) is 2.36. The minimum Gasteiger partial charge on any atom is -0.457 e. The average molecular weight is 362 g/mol. The van der Waals surface area contributed by atoms with Gasteiger partial charge in [0.2, 0.25) is 11.5 Å². The lowest BCUT2D eigenvalue weighted by Gasteiger charge is -2.17. The summed E-state index contributed by atoms with van der Waals surface area (Å²) >= 11 is 6.23. The fraction of sp³-hybridized carbons (Fsp3) is 0.250. The van der Waals surface area contributed by atoms with E-state index in [1.807, 2.05) is 12.2 Å². The van der Waals surface area contributed by atoms with E-state index >= 15 is 0 Å². The molecule has 0 aromatic carbocycles. The quantitative estimate of drug-likeness (QED) is 0.719. The van der Waals surface area contributed by atoms with Gasteiger partial charge in [-0.2, -0.15) is 0 Å². The zero-order valence-corrected chi connectivity index (χ0v) is 12.0. The molecule has 0 unspecified atom stereocenters. The van der Waals surface area contributed by atoms with Crippen LogP contribution in [0.3, 0.4) is 0 Å². The Hall–Kier alpha value is -0.810. The van der Waals surface area contributed by atoms with Gasteiger partial charge in [-0.3, -0.25) is 4.79 Å². The highest BCUT2D eigenvalue weighted by molar-refractivity contribution is 9.25. The number of rotatable bonds is 3. The highest BCUT2D eigenvalue weighted by Gasteiger charge is 2.22. The summed E-state index contributed by atoms with van der Waals surface area (Å²) in [6, 6.07) is 0. The lowest BCUT2D eigenvalue weighted by molar-refractivity contribution is -0.116. The highest BCUT2D eigenvalue weighted by Crippen LogP contribution is 2.26. The number of halogens is 2. The summed E-state index contributed by atoms with van der Waals surface area (Å²) in [6.07, 6.45) is 10.8. The summed E-state index contributed by atoms with van der Waals surface area (Å²) in [5.74, 6) is 0.629. The zero-order chi connectivity index (χ0) is 12.3. The van der Waals surface area contributed by atoms with Gasteiger partial charge in [0.25, 0.3) is 0 Å². The molecule has 0 atom stereocenters. The normalized spacial score (nSPS) is 18.9.